The van der Waals surface area contributed by atoms with Crippen molar-refractivity contribution in [3.63, 3.8) is 0 Å². The highest BCUT2D eigenvalue weighted by atomic mass is 28.3. The van der Waals surface area contributed by atoms with Gasteiger partial charge in [0, 0.05) is 24.7 Å². The van der Waals surface area contributed by atoms with Crippen molar-refractivity contribution in [3.05, 3.63) is 90.0 Å². The van der Waals surface area contributed by atoms with Crippen molar-refractivity contribution < 1.29 is 19.7 Å². The molecule has 47 heavy (non-hydrogen) atoms. The third-order valence-electron chi connectivity index (χ3n) is 10.5. The van der Waals surface area contributed by atoms with Gasteiger partial charge >= 0.3 is 5.97 Å². The first-order valence-corrected chi connectivity index (χ1v) is 21.2. The number of unbranched alkanes of at least 4 members (excludes halogenated alkanes) is 2. The first kappa shape index (κ1) is 36.8. The molecule has 0 atom stereocenters. The molecule has 0 bridgehead atoms. The lowest BCUT2D eigenvalue weighted by Gasteiger charge is -2.29. The predicted molar refractivity (Wildman–Crippen MR) is 200 cm³/mol. The second-order valence-electron chi connectivity index (χ2n) is 14.6. The Hall–Kier alpha value is -2.99. The van der Waals surface area contributed by atoms with E-state index in [1.807, 2.05) is 0 Å². The van der Waals surface area contributed by atoms with Gasteiger partial charge in [0.2, 0.25) is 0 Å². The number of hydrogen-bond donors (Lipinski definition) is 2. The van der Waals surface area contributed by atoms with Gasteiger partial charge < -0.3 is 14.9 Å². The number of ether oxygens (including phenoxy) is 1. The van der Waals surface area contributed by atoms with Gasteiger partial charge in [0.15, 0.2) is 0 Å². The zero-order valence-corrected chi connectivity index (χ0v) is 30.4. The molecule has 0 saturated heterocycles. The lowest BCUT2D eigenvalue weighted by molar-refractivity contribution is -0.140. The molecule has 0 spiro atoms. The Morgan fingerprint density at radius 1 is 0.851 bits per heavy atom. The fourth-order valence-corrected chi connectivity index (χ4v) is 10.2. The number of carbonyl (C=O) groups excluding carboxylic acids is 1. The van der Waals surface area contributed by atoms with Crippen LogP contribution in [0, 0.1) is 11.8 Å². The zero-order valence-electron chi connectivity index (χ0n) is 29.4. The Labute approximate surface area is 285 Å². The summed E-state index contributed by atoms with van der Waals surface area (Å²) < 4.78 is 5.67. The lowest BCUT2D eigenvalue weighted by Crippen LogP contribution is -2.43. The molecule has 0 amide bonds. The maximum Gasteiger partial charge on any atom is 0.333 e. The average molecular weight is 655 g/mol. The number of benzene rings is 3. The molecule has 1 fully saturated rings. The highest BCUT2D eigenvalue weighted by molar-refractivity contribution is 6.90. The van der Waals surface area contributed by atoms with Gasteiger partial charge in [-0.15, -0.1) is 0 Å². The van der Waals surface area contributed by atoms with E-state index < -0.39 is 8.07 Å². The molecule has 0 aliphatic heterocycles. The fraction of sp³-hybridized carbons (Fsp3) is 0.500. The normalized spacial score (nSPS) is 16.7. The SMILES string of the molecule is C=C(C)C(=O)OCc1cc(-c2ccc(-c3ccc(C4CCC(CCCCC)CC4)cc3)cc2)ccc1[Si](C)(C)CCCC(CO)CO. The third kappa shape index (κ3) is 10.5. The van der Waals surface area contributed by atoms with E-state index in [-0.39, 0.29) is 31.7 Å². The van der Waals surface area contributed by atoms with Gasteiger partial charge in [-0.25, -0.2) is 4.79 Å². The quantitative estimate of drug-likeness (QED) is 0.0658. The van der Waals surface area contributed by atoms with E-state index in [2.05, 4.69) is 93.3 Å². The standard InChI is InChI=1S/C42H58O4Si/c1-6-7-8-10-32-12-14-34(15-13-32)35-16-18-36(19-17-35)37-20-22-38(23-21-37)39-24-25-41(40(27-39)30-46-42(45)31(2)3)47(4,5)26-9-11-33(28-43)29-44/h16-25,27,32-34,43-44H,2,6-15,26,28-30H2,1,3-5H3. The summed E-state index contributed by atoms with van der Waals surface area (Å²) in [7, 11) is -1.90. The molecule has 0 radical (unpaired) electrons. The van der Waals surface area contributed by atoms with Crippen LogP contribution >= 0.6 is 0 Å². The van der Waals surface area contributed by atoms with Crippen LogP contribution in [0.5, 0.6) is 0 Å². The summed E-state index contributed by atoms with van der Waals surface area (Å²) in [6.07, 6.45) is 12.7. The van der Waals surface area contributed by atoms with Crippen molar-refractivity contribution in [3.8, 4) is 22.3 Å². The van der Waals surface area contributed by atoms with Crippen molar-refractivity contribution >= 4 is 19.2 Å². The molecule has 1 aliphatic rings. The van der Waals surface area contributed by atoms with E-state index in [0.29, 0.717) is 11.5 Å². The van der Waals surface area contributed by atoms with Crippen LogP contribution in [0.4, 0.5) is 0 Å². The fourth-order valence-electron chi connectivity index (χ4n) is 7.30. The molecule has 254 valence electrons. The second-order valence-corrected chi connectivity index (χ2v) is 19.5. The van der Waals surface area contributed by atoms with Crippen molar-refractivity contribution in [2.45, 2.75) is 110 Å². The zero-order chi connectivity index (χ0) is 33.8. The Morgan fingerprint density at radius 2 is 1.43 bits per heavy atom. The largest absolute Gasteiger partial charge is 0.457 e. The van der Waals surface area contributed by atoms with E-state index in [1.54, 1.807) is 6.92 Å². The Morgan fingerprint density at radius 3 is 2.00 bits per heavy atom. The molecule has 3 aromatic carbocycles. The summed E-state index contributed by atoms with van der Waals surface area (Å²) in [5, 5.41) is 20.3. The predicted octanol–water partition coefficient (Wildman–Crippen LogP) is 9.79. The van der Waals surface area contributed by atoms with Gasteiger partial charge in [0.25, 0.3) is 0 Å². The first-order valence-electron chi connectivity index (χ1n) is 18.0. The van der Waals surface area contributed by atoms with Crippen LogP contribution in [0.2, 0.25) is 19.1 Å². The summed E-state index contributed by atoms with van der Waals surface area (Å²) in [5.74, 6) is 1.20. The molecule has 0 heterocycles. The number of carbonyl (C=O) groups is 1. The highest BCUT2D eigenvalue weighted by Crippen LogP contribution is 2.38. The topological polar surface area (TPSA) is 66.8 Å². The Balaban J connectivity index is 1.46. The number of rotatable bonds is 17. The molecule has 4 rings (SSSR count). The molecule has 1 aliphatic carbocycles. The molecule has 4 nitrogen and oxygen atoms in total. The van der Waals surface area contributed by atoms with Crippen molar-refractivity contribution in [1.29, 1.82) is 0 Å². The van der Waals surface area contributed by atoms with Crippen LogP contribution in [0.1, 0.15) is 95.1 Å². The monoisotopic (exact) mass is 654 g/mol. The summed E-state index contributed by atoms with van der Waals surface area (Å²) in [4.78, 5) is 12.3. The molecular formula is C42H58O4Si. The summed E-state index contributed by atoms with van der Waals surface area (Å²) in [6, 6.07) is 25.7. The Kier molecular flexibility index (Phi) is 14.1. The van der Waals surface area contributed by atoms with E-state index in [4.69, 9.17) is 4.74 Å². The summed E-state index contributed by atoms with van der Waals surface area (Å²) >= 11 is 0. The number of esters is 1. The van der Waals surface area contributed by atoms with E-state index in [0.717, 1.165) is 41.5 Å². The number of aliphatic hydroxyl groups excluding tert-OH is 2. The van der Waals surface area contributed by atoms with Crippen LogP contribution < -0.4 is 5.19 Å². The van der Waals surface area contributed by atoms with Crippen molar-refractivity contribution in [2.75, 3.05) is 13.2 Å². The minimum absolute atomic E-state index is 0.0134. The first-order chi connectivity index (χ1) is 22.6. The average Bonchev–Trinajstić information content (AvgIpc) is 3.09. The van der Waals surface area contributed by atoms with Crippen LogP contribution in [0.25, 0.3) is 22.3 Å². The highest BCUT2D eigenvalue weighted by Gasteiger charge is 2.27. The minimum Gasteiger partial charge on any atom is -0.457 e. The van der Waals surface area contributed by atoms with Gasteiger partial charge in [0.1, 0.15) is 6.61 Å². The van der Waals surface area contributed by atoms with E-state index in [9.17, 15) is 15.0 Å². The van der Waals surface area contributed by atoms with Crippen molar-refractivity contribution in [2.24, 2.45) is 11.8 Å². The van der Waals surface area contributed by atoms with Gasteiger partial charge in [-0.3, -0.25) is 0 Å². The molecule has 0 unspecified atom stereocenters. The molecule has 2 N–H and O–H groups in total. The second kappa shape index (κ2) is 18.0. The van der Waals surface area contributed by atoms with Crippen LogP contribution in [0.15, 0.2) is 78.9 Å². The Bertz CT molecular complexity index is 1410. The molecule has 1 saturated carbocycles. The lowest BCUT2D eigenvalue weighted by atomic mass is 9.77. The molecule has 3 aromatic rings. The maximum absolute atomic E-state index is 12.3. The van der Waals surface area contributed by atoms with Gasteiger partial charge in [-0.1, -0.05) is 131 Å². The molecule has 5 heteroatoms. The number of hydrogen-bond acceptors (Lipinski definition) is 4. The van der Waals surface area contributed by atoms with Crippen molar-refractivity contribution in [1.82, 2.24) is 0 Å². The molecular weight excluding hydrogens is 597 g/mol. The van der Waals surface area contributed by atoms with Crippen LogP contribution in [-0.4, -0.2) is 37.5 Å². The van der Waals surface area contributed by atoms with E-state index in [1.165, 1.54) is 73.2 Å². The molecule has 0 aromatic heterocycles. The minimum atomic E-state index is -1.90. The van der Waals surface area contributed by atoms with Gasteiger partial charge in [-0.2, -0.15) is 0 Å². The summed E-state index contributed by atoms with van der Waals surface area (Å²) in [6.45, 7) is 12.6. The van der Waals surface area contributed by atoms with Crippen LogP contribution in [-0.2, 0) is 16.1 Å². The number of aliphatic hydroxyl groups is 2. The van der Waals surface area contributed by atoms with Gasteiger partial charge in [-0.05, 0) is 90.3 Å². The maximum atomic E-state index is 12.3. The van der Waals surface area contributed by atoms with E-state index >= 15 is 0 Å². The third-order valence-corrected chi connectivity index (χ3v) is 14.0. The van der Waals surface area contributed by atoms with Gasteiger partial charge in [0.05, 0.1) is 8.07 Å². The summed E-state index contributed by atoms with van der Waals surface area (Å²) in [5.41, 5.74) is 7.63. The van der Waals surface area contributed by atoms with Crippen LogP contribution in [0.3, 0.4) is 0 Å². The smallest absolute Gasteiger partial charge is 0.333 e.